The second-order valence-corrected chi connectivity index (χ2v) is 7.44. The lowest BCUT2D eigenvalue weighted by molar-refractivity contribution is 0.518. The molecule has 0 unspecified atom stereocenters. The zero-order valence-corrected chi connectivity index (χ0v) is 14.2. The molecule has 4 aromatic rings. The predicted molar refractivity (Wildman–Crippen MR) is 97.0 cm³/mol. The van der Waals surface area contributed by atoms with Crippen LogP contribution in [-0.2, 0) is 19.3 Å². The Bertz CT molecular complexity index is 1120. The molecule has 5 nitrogen and oxygen atoms in total. The van der Waals surface area contributed by atoms with Crippen LogP contribution in [-0.4, -0.2) is 15.2 Å². The van der Waals surface area contributed by atoms with Crippen molar-refractivity contribution in [3.63, 3.8) is 0 Å². The third-order valence-electron chi connectivity index (χ3n) is 4.60. The normalized spacial score (nSPS) is 13.4. The van der Waals surface area contributed by atoms with Gasteiger partial charge in [0.05, 0.1) is 11.3 Å². The van der Waals surface area contributed by atoms with E-state index in [1.165, 1.54) is 16.9 Å². The van der Waals surface area contributed by atoms with Crippen LogP contribution in [0.2, 0.25) is 0 Å². The van der Waals surface area contributed by atoms with Crippen molar-refractivity contribution in [3.8, 4) is 10.8 Å². The predicted octanol–water partition coefficient (Wildman–Crippen LogP) is 3.72. The minimum absolute atomic E-state index is 0.117. The quantitative estimate of drug-likeness (QED) is 0.612. The lowest BCUT2D eigenvalue weighted by Gasteiger charge is -2.00. The molecule has 0 amide bonds. The molecule has 1 aromatic carbocycles. The number of hydrogen-bond donors (Lipinski definition) is 1. The van der Waals surface area contributed by atoms with Crippen molar-refractivity contribution in [2.24, 2.45) is 0 Å². The van der Waals surface area contributed by atoms with E-state index in [9.17, 15) is 4.79 Å². The number of thiophene rings is 1. The van der Waals surface area contributed by atoms with Gasteiger partial charge in [0, 0.05) is 16.0 Å². The molecule has 0 spiro atoms. The Morgan fingerprint density at radius 1 is 1.16 bits per heavy atom. The first-order valence-electron chi connectivity index (χ1n) is 8.31. The zero-order valence-electron chi connectivity index (χ0n) is 13.4. The van der Waals surface area contributed by atoms with Crippen molar-refractivity contribution >= 4 is 22.2 Å². The fraction of sp³-hybridized carbons (Fsp3) is 0.211. The summed E-state index contributed by atoms with van der Waals surface area (Å²) in [6, 6.07) is 11.8. The van der Waals surface area contributed by atoms with Crippen LogP contribution in [0.25, 0.3) is 21.7 Å². The summed E-state index contributed by atoms with van der Waals surface area (Å²) >= 11 is 1.74. The van der Waals surface area contributed by atoms with Gasteiger partial charge in [-0.1, -0.05) is 18.2 Å². The highest BCUT2D eigenvalue weighted by Gasteiger charge is 2.19. The van der Waals surface area contributed by atoms with Gasteiger partial charge in [-0.05, 0) is 48.4 Å². The van der Waals surface area contributed by atoms with Crippen LogP contribution >= 0.6 is 11.3 Å². The molecule has 3 aromatic heterocycles. The Balaban J connectivity index is 1.46. The minimum atomic E-state index is -0.117. The third kappa shape index (κ3) is 2.59. The van der Waals surface area contributed by atoms with E-state index in [-0.39, 0.29) is 5.56 Å². The molecule has 0 radical (unpaired) electrons. The molecule has 0 fully saturated rings. The van der Waals surface area contributed by atoms with Gasteiger partial charge in [0.1, 0.15) is 0 Å². The van der Waals surface area contributed by atoms with Gasteiger partial charge in [-0.15, -0.1) is 21.5 Å². The average Bonchev–Trinajstić information content (AvgIpc) is 3.30. The maximum absolute atomic E-state index is 12.3. The molecule has 0 saturated heterocycles. The van der Waals surface area contributed by atoms with Crippen LogP contribution in [0.4, 0.5) is 0 Å². The Kier molecular flexibility index (Phi) is 3.31. The third-order valence-corrected chi connectivity index (χ3v) is 5.82. The number of nitrogens with zero attached hydrogens (tertiary/aromatic N) is 2. The number of fused-ring (bicyclic) bond motifs is 2. The summed E-state index contributed by atoms with van der Waals surface area (Å²) in [5.74, 6) is 1.01. The molecule has 5 rings (SSSR count). The number of para-hydroxylation sites is 1. The number of aromatic amines is 1. The van der Waals surface area contributed by atoms with Crippen LogP contribution in [0, 0.1) is 0 Å². The maximum atomic E-state index is 12.3. The Morgan fingerprint density at radius 3 is 3.00 bits per heavy atom. The Labute approximate surface area is 147 Å². The monoisotopic (exact) mass is 349 g/mol. The van der Waals surface area contributed by atoms with Gasteiger partial charge in [0.15, 0.2) is 0 Å². The smallest absolute Gasteiger partial charge is 0.257 e. The van der Waals surface area contributed by atoms with Gasteiger partial charge in [0.2, 0.25) is 5.89 Å². The maximum Gasteiger partial charge on any atom is 0.257 e. The van der Waals surface area contributed by atoms with Crippen LogP contribution < -0.4 is 5.56 Å². The van der Waals surface area contributed by atoms with Crippen LogP contribution in [0.1, 0.15) is 28.3 Å². The van der Waals surface area contributed by atoms with E-state index in [1.807, 2.05) is 30.3 Å². The second-order valence-electron chi connectivity index (χ2n) is 6.30. The summed E-state index contributed by atoms with van der Waals surface area (Å²) < 4.78 is 5.81. The van der Waals surface area contributed by atoms with Crippen LogP contribution in [0.3, 0.4) is 0 Å². The van der Waals surface area contributed by atoms with Gasteiger partial charge in [-0.2, -0.15) is 0 Å². The van der Waals surface area contributed by atoms with E-state index >= 15 is 0 Å². The number of benzene rings is 1. The lowest BCUT2D eigenvalue weighted by Crippen LogP contribution is -2.12. The fourth-order valence-corrected chi connectivity index (χ4v) is 4.52. The lowest BCUT2D eigenvalue weighted by atomic mass is 10.1. The van der Waals surface area contributed by atoms with Crippen molar-refractivity contribution in [1.82, 2.24) is 15.2 Å². The van der Waals surface area contributed by atoms with Crippen LogP contribution in [0.5, 0.6) is 0 Å². The molecular weight excluding hydrogens is 334 g/mol. The second kappa shape index (κ2) is 5.67. The topological polar surface area (TPSA) is 71.8 Å². The summed E-state index contributed by atoms with van der Waals surface area (Å²) in [5, 5.41) is 9.29. The standard InChI is InChI=1S/C19H15N3O2S/c23-18-13(8-11-4-1-2-6-14(11)20-18)10-17-21-22-19(24-17)16-9-12-5-3-7-15(12)25-16/h1-2,4,6,8-9H,3,5,7,10H2,(H,20,23). The molecule has 0 bridgehead atoms. The number of aromatic nitrogens is 3. The van der Waals surface area contributed by atoms with E-state index in [0.29, 0.717) is 23.8 Å². The molecule has 6 heteroatoms. The summed E-state index contributed by atoms with van der Waals surface area (Å²) in [5.41, 5.74) is 2.75. The molecule has 1 N–H and O–H groups in total. The Morgan fingerprint density at radius 2 is 2.08 bits per heavy atom. The first kappa shape index (κ1) is 14.6. The molecule has 0 aliphatic heterocycles. The molecule has 0 atom stereocenters. The van der Waals surface area contributed by atoms with Crippen molar-refractivity contribution in [2.45, 2.75) is 25.7 Å². The highest BCUT2D eigenvalue weighted by atomic mass is 32.1. The summed E-state index contributed by atoms with van der Waals surface area (Å²) in [6.07, 6.45) is 3.85. The number of hydrogen-bond acceptors (Lipinski definition) is 5. The van der Waals surface area contributed by atoms with E-state index in [0.717, 1.165) is 28.6 Å². The number of nitrogens with one attached hydrogen (secondary N) is 1. The number of aryl methyl sites for hydroxylation is 2. The van der Waals surface area contributed by atoms with Gasteiger partial charge >= 0.3 is 0 Å². The number of rotatable bonds is 3. The highest BCUT2D eigenvalue weighted by molar-refractivity contribution is 7.15. The highest BCUT2D eigenvalue weighted by Crippen LogP contribution is 2.36. The fourth-order valence-electron chi connectivity index (χ4n) is 3.35. The summed E-state index contributed by atoms with van der Waals surface area (Å²) in [7, 11) is 0. The molecule has 124 valence electrons. The molecule has 1 aliphatic carbocycles. The van der Waals surface area contributed by atoms with Gasteiger partial charge < -0.3 is 9.40 Å². The first-order valence-corrected chi connectivity index (χ1v) is 9.13. The Hall–Kier alpha value is -2.73. The first-order chi connectivity index (χ1) is 12.3. The largest absolute Gasteiger partial charge is 0.420 e. The van der Waals surface area contributed by atoms with Crippen LogP contribution in [0.15, 0.2) is 45.6 Å². The molecule has 25 heavy (non-hydrogen) atoms. The van der Waals surface area contributed by atoms with E-state index in [4.69, 9.17) is 4.42 Å². The van der Waals surface area contributed by atoms with Gasteiger partial charge in [-0.25, -0.2) is 0 Å². The molecule has 3 heterocycles. The van der Waals surface area contributed by atoms with E-state index in [1.54, 1.807) is 11.3 Å². The average molecular weight is 349 g/mol. The van der Waals surface area contributed by atoms with Gasteiger partial charge in [0.25, 0.3) is 11.4 Å². The van der Waals surface area contributed by atoms with Gasteiger partial charge in [-0.3, -0.25) is 4.79 Å². The number of H-pyrrole nitrogens is 1. The van der Waals surface area contributed by atoms with Crippen molar-refractivity contribution < 1.29 is 4.42 Å². The van der Waals surface area contributed by atoms with Crippen molar-refractivity contribution in [3.05, 3.63) is 68.6 Å². The van der Waals surface area contributed by atoms with Crippen molar-refractivity contribution in [1.29, 1.82) is 0 Å². The number of pyridine rings is 1. The SMILES string of the molecule is O=c1[nH]c2ccccc2cc1Cc1nnc(-c2cc3c(s2)CCC3)o1. The molecular formula is C19H15N3O2S. The van der Waals surface area contributed by atoms with Crippen molar-refractivity contribution in [2.75, 3.05) is 0 Å². The van der Waals surface area contributed by atoms with E-state index in [2.05, 4.69) is 21.2 Å². The summed E-state index contributed by atoms with van der Waals surface area (Å²) in [4.78, 5) is 17.6. The summed E-state index contributed by atoms with van der Waals surface area (Å²) in [6.45, 7) is 0. The molecule has 0 saturated carbocycles. The van der Waals surface area contributed by atoms with E-state index < -0.39 is 0 Å². The molecule has 1 aliphatic rings. The zero-order chi connectivity index (χ0) is 16.8. The minimum Gasteiger partial charge on any atom is -0.420 e.